The predicted octanol–water partition coefficient (Wildman–Crippen LogP) is 3.69. The first-order valence-electron chi connectivity index (χ1n) is 6.76. The number of urea groups is 1. The van der Waals surface area contributed by atoms with E-state index < -0.39 is 5.82 Å². The first-order valence-corrected chi connectivity index (χ1v) is 7.51. The summed E-state index contributed by atoms with van der Waals surface area (Å²) in [7, 11) is 3.49. The molecule has 2 rings (SSSR count). The summed E-state index contributed by atoms with van der Waals surface area (Å²) < 4.78 is 13.4. The smallest absolute Gasteiger partial charge is 0.319 e. The van der Waals surface area contributed by atoms with Gasteiger partial charge in [0.1, 0.15) is 0 Å². The average molecular weight is 334 g/mol. The first kappa shape index (κ1) is 16.2. The Morgan fingerprint density at radius 2 is 1.81 bits per heavy atom. The van der Waals surface area contributed by atoms with Crippen molar-refractivity contribution in [2.45, 2.75) is 18.9 Å². The highest BCUT2D eigenvalue weighted by molar-refractivity contribution is 6.35. The summed E-state index contributed by atoms with van der Waals surface area (Å²) in [5.41, 5.74) is 0.698. The normalized spacial score (nSPS) is 16.0. The summed E-state index contributed by atoms with van der Waals surface area (Å²) in [5, 5.41) is 3.30. The number of hydrogen-bond donors (Lipinski definition) is 1. The molecule has 1 heterocycles. The third kappa shape index (κ3) is 3.92. The topological polar surface area (TPSA) is 35.6 Å². The Hall–Kier alpha value is -1.20. The van der Waals surface area contributed by atoms with E-state index in [1.54, 1.807) is 19.0 Å². The fourth-order valence-electron chi connectivity index (χ4n) is 2.37. The number of nitrogens with zero attached hydrogens (tertiary/aromatic N) is 2. The van der Waals surface area contributed by atoms with Crippen LogP contribution in [-0.4, -0.2) is 49.1 Å². The molecule has 1 aromatic rings. The second-order valence-corrected chi connectivity index (χ2v) is 6.15. The quantitative estimate of drug-likeness (QED) is 0.838. The van der Waals surface area contributed by atoms with Crippen LogP contribution in [0.3, 0.4) is 0 Å². The summed E-state index contributed by atoms with van der Waals surface area (Å²) in [5.74, 6) is -0.602. The molecule has 0 aromatic heterocycles. The number of anilines is 1. The van der Waals surface area contributed by atoms with E-state index >= 15 is 0 Å². The number of amides is 2. The highest BCUT2D eigenvalue weighted by Gasteiger charge is 2.23. The van der Waals surface area contributed by atoms with Gasteiger partial charge in [-0.05, 0) is 25.0 Å². The molecular formula is C14H18Cl2FN3O. The molecule has 4 nitrogen and oxygen atoms in total. The number of likely N-dealkylation sites (tertiary alicyclic amines) is 1. The fourth-order valence-corrected chi connectivity index (χ4v) is 2.86. The molecule has 1 fully saturated rings. The highest BCUT2D eigenvalue weighted by Crippen LogP contribution is 2.28. The van der Waals surface area contributed by atoms with E-state index in [1.807, 2.05) is 4.90 Å². The molecule has 0 aliphatic carbocycles. The minimum atomic E-state index is -0.602. The maximum absolute atomic E-state index is 13.4. The van der Waals surface area contributed by atoms with Crippen LogP contribution in [0.2, 0.25) is 10.0 Å². The van der Waals surface area contributed by atoms with Crippen molar-refractivity contribution in [2.24, 2.45) is 0 Å². The number of benzene rings is 1. The number of rotatable bonds is 2. The first-order chi connectivity index (χ1) is 9.88. The van der Waals surface area contributed by atoms with E-state index in [2.05, 4.69) is 5.32 Å². The zero-order valence-corrected chi connectivity index (χ0v) is 13.5. The summed E-state index contributed by atoms with van der Waals surface area (Å²) >= 11 is 11.6. The highest BCUT2D eigenvalue weighted by atomic mass is 35.5. The van der Waals surface area contributed by atoms with Gasteiger partial charge in [0.2, 0.25) is 0 Å². The van der Waals surface area contributed by atoms with E-state index in [0.717, 1.165) is 12.8 Å². The SMILES string of the molecule is CN(C)C(=O)N1CCC(Nc2cc(Cl)c(F)c(Cl)c2)CC1. The van der Waals surface area contributed by atoms with Gasteiger partial charge in [0.05, 0.1) is 10.0 Å². The van der Waals surface area contributed by atoms with Crippen molar-refractivity contribution in [2.75, 3.05) is 32.5 Å². The van der Waals surface area contributed by atoms with Crippen LogP contribution in [-0.2, 0) is 0 Å². The van der Waals surface area contributed by atoms with Crippen LogP contribution in [0, 0.1) is 5.82 Å². The average Bonchev–Trinajstić information content (AvgIpc) is 2.44. The molecule has 0 spiro atoms. The molecule has 1 aromatic carbocycles. The Labute approximate surface area is 133 Å². The third-order valence-electron chi connectivity index (χ3n) is 3.50. The number of carbonyl (C=O) groups is 1. The maximum atomic E-state index is 13.4. The van der Waals surface area contributed by atoms with Crippen LogP contribution in [0.15, 0.2) is 12.1 Å². The zero-order chi connectivity index (χ0) is 15.6. The lowest BCUT2D eigenvalue weighted by Crippen LogP contribution is -2.46. The molecule has 1 aliphatic rings. The summed E-state index contributed by atoms with van der Waals surface area (Å²) in [6, 6.07) is 3.30. The van der Waals surface area contributed by atoms with E-state index in [1.165, 1.54) is 12.1 Å². The summed E-state index contributed by atoms with van der Waals surface area (Å²) in [4.78, 5) is 15.2. The van der Waals surface area contributed by atoms with Crippen LogP contribution < -0.4 is 5.32 Å². The molecule has 116 valence electrons. The zero-order valence-electron chi connectivity index (χ0n) is 12.0. The lowest BCUT2D eigenvalue weighted by molar-refractivity contribution is 0.158. The van der Waals surface area contributed by atoms with Crippen molar-refractivity contribution >= 4 is 34.9 Å². The van der Waals surface area contributed by atoms with Crippen molar-refractivity contribution in [3.63, 3.8) is 0 Å². The largest absolute Gasteiger partial charge is 0.382 e. The summed E-state index contributed by atoms with van der Waals surface area (Å²) in [6.07, 6.45) is 1.65. The molecule has 0 bridgehead atoms. The number of nitrogens with one attached hydrogen (secondary N) is 1. The molecule has 21 heavy (non-hydrogen) atoms. The second kappa shape index (κ2) is 6.71. The molecule has 1 aliphatic heterocycles. The molecule has 1 saturated heterocycles. The van der Waals surface area contributed by atoms with Crippen LogP contribution in [0.4, 0.5) is 14.9 Å². The van der Waals surface area contributed by atoms with Crippen molar-refractivity contribution in [3.05, 3.63) is 28.0 Å². The minimum absolute atomic E-state index is 0.00483. The Balaban J connectivity index is 1.93. The Bertz CT molecular complexity index is 508. The monoisotopic (exact) mass is 333 g/mol. The summed E-state index contributed by atoms with van der Waals surface area (Å²) in [6.45, 7) is 1.38. The van der Waals surface area contributed by atoms with Gasteiger partial charge in [-0.1, -0.05) is 23.2 Å². The van der Waals surface area contributed by atoms with Gasteiger partial charge in [-0.25, -0.2) is 9.18 Å². The minimum Gasteiger partial charge on any atom is -0.382 e. The molecule has 0 unspecified atom stereocenters. The van der Waals surface area contributed by atoms with Crippen molar-refractivity contribution < 1.29 is 9.18 Å². The lowest BCUT2D eigenvalue weighted by Gasteiger charge is -2.34. The van der Waals surface area contributed by atoms with Gasteiger partial charge in [0.25, 0.3) is 0 Å². The number of halogens is 3. The second-order valence-electron chi connectivity index (χ2n) is 5.34. The predicted molar refractivity (Wildman–Crippen MR) is 83.7 cm³/mol. The standard InChI is InChI=1S/C14H18Cl2FN3O/c1-19(2)14(21)20-5-3-9(4-6-20)18-10-7-11(15)13(17)12(16)8-10/h7-9,18H,3-6H2,1-2H3. The van der Waals surface area contributed by atoms with Gasteiger partial charge in [-0.3, -0.25) is 0 Å². The van der Waals surface area contributed by atoms with Gasteiger partial charge < -0.3 is 15.1 Å². The van der Waals surface area contributed by atoms with Crippen LogP contribution in [0.5, 0.6) is 0 Å². The van der Waals surface area contributed by atoms with Crippen LogP contribution >= 0.6 is 23.2 Å². The van der Waals surface area contributed by atoms with E-state index in [-0.39, 0.29) is 22.1 Å². The molecule has 1 N–H and O–H groups in total. The molecule has 7 heteroatoms. The van der Waals surface area contributed by atoms with Crippen molar-refractivity contribution in [3.8, 4) is 0 Å². The Morgan fingerprint density at radius 3 is 2.29 bits per heavy atom. The van der Waals surface area contributed by atoms with Gasteiger partial charge in [0, 0.05) is 38.9 Å². The van der Waals surface area contributed by atoms with E-state index in [4.69, 9.17) is 23.2 Å². The maximum Gasteiger partial charge on any atom is 0.319 e. The van der Waals surface area contributed by atoms with Crippen LogP contribution in [0.1, 0.15) is 12.8 Å². The Morgan fingerprint density at radius 1 is 1.29 bits per heavy atom. The van der Waals surface area contributed by atoms with Gasteiger partial charge in [0.15, 0.2) is 5.82 Å². The molecule has 0 atom stereocenters. The fraction of sp³-hybridized carbons (Fsp3) is 0.500. The number of piperidine rings is 1. The van der Waals surface area contributed by atoms with Gasteiger partial charge in [-0.2, -0.15) is 0 Å². The van der Waals surface area contributed by atoms with Crippen molar-refractivity contribution in [1.29, 1.82) is 0 Å². The lowest BCUT2D eigenvalue weighted by atomic mass is 10.0. The molecule has 0 radical (unpaired) electrons. The van der Waals surface area contributed by atoms with Crippen molar-refractivity contribution in [1.82, 2.24) is 9.80 Å². The van der Waals surface area contributed by atoms with Crippen LogP contribution in [0.25, 0.3) is 0 Å². The number of hydrogen-bond acceptors (Lipinski definition) is 2. The molecule has 0 saturated carbocycles. The molecule has 2 amide bonds. The van der Waals surface area contributed by atoms with E-state index in [9.17, 15) is 9.18 Å². The van der Waals surface area contributed by atoms with E-state index in [0.29, 0.717) is 18.8 Å². The van der Waals surface area contributed by atoms with Gasteiger partial charge >= 0.3 is 6.03 Å². The Kier molecular flexibility index (Phi) is 5.17. The third-order valence-corrected chi connectivity index (χ3v) is 4.05. The number of carbonyl (C=O) groups excluding carboxylic acids is 1. The van der Waals surface area contributed by atoms with Gasteiger partial charge in [-0.15, -0.1) is 0 Å². The molecular weight excluding hydrogens is 316 g/mol.